The lowest BCUT2D eigenvalue weighted by molar-refractivity contribution is -0.117. The largest absolute Gasteiger partial charge is 0.396 e. The van der Waals surface area contributed by atoms with Gasteiger partial charge in [-0.1, -0.05) is 12.1 Å². The molecular weight excluding hydrogens is 226 g/mol. The topological polar surface area (TPSA) is 40.5 Å². The molecule has 0 spiro atoms. The van der Waals surface area contributed by atoms with Crippen LogP contribution in [0.15, 0.2) is 18.2 Å². The maximum Gasteiger partial charge on any atom is 0.227 e. The molecule has 1 amide bonds. The highest BCUT2D eigenvalue weighted by Gasteiger charge is 2.46. The Morgan fingerprint density at radius 3 is 2.61 bits per heavy atom. The van der Waals surface area contributed by atoms with E-state index in [-0.39, 0.29) is 24.0 Å². The third-order valence-electron chi connectivity index (χ3n) is 4.07. The number of anilines is 1. The van der Waals surface area contributed by atoms with Crippen LogP contribution in [0.5, 0.6) is 0 Å². The Balaban J connectivity index is 2.49. The van der Waals surface area contributed by atoms with Crippen molar-refractivity contribution < 1.29 is 9.90 Å². The zero-order chi connectivity index (χ0) is 13.5. The van der Waals surface area contributed by atoms with Crippen molar-refractivity contribution in [1.29, 1.82) is 0 Å². The van der Waals surface area contributed by atoms with E-state index in [4.69, 9.17) is 0 Å². The zero-order valence-electron chi connectivity index (χ0n) is 11.5. The minimum Gasteiger partial charge on any atom is -0.396 e. The molecule has 0 aromatic heterocycles. The van der Waals surface area contributed by atoms with Crippen molar-refractivity contribution >= 4 is 11.6 Å². The Morgan fingerprint density at radius 2 is 2.06 bits per heavy atom. The number of hydrogen-bond acceptors (Lipinski definition) is 2. The number of hydrogen-bond donors (Lipinski definition) is 1. The fraction of sp³-hybridized carbons (Fsp3) is 0.533. The first-order valence-electron chi connectivity index (χ1n) is 6.39. The molecule has 1 aliphatic heterocycles. The smallest absolute Gasteiger partial charge is 0.227 e. The summed E-state index contributed by atoms with van der Waals surface area (Å²) in [5, 5.41) is 9.43. The lowest BCUT2D eigenvalue weighted by Crippen LogP contribution is -2.45. The van der Waals surface area contributed by atoms with Crippen LogP contribution in [0.3, 0.4) is 0 Å². The molecule has 1 fully saturated rings. The van der Waals surface area contributed by atoms with Crippen molar-refractivity contribution in [2.24, 2.45) is 5.92 Å². The van der Waals surface area contributed by atoms with Crippen molar-refractivity contribution in [3.63, 3.8) is 0 Å². The minimum absolute atomic E-state index is 0.00455. The second-order valence-corrected chi connectivity index (χ2v) is 5.76. The van der Waals surface area contributed by atoms with E-state index in [0.717, 1.165) is 16.8 Å². The molecule has 98 valence electrons. The Labute approximate surface area is 108 Å². The average molecular weight is 247 g/mol. The summed E-state index contributed by atoms with van der Waals surface area (Å²) >= 11 is 0. The molecule has 18 heavy (non-hydrogen) atoms. The van der Waals surface area contributed by atoms with Gasteiger partial charge in [-0.3, -0.25) is 4.79 Å². The van der Waals surface area contributed by atoms with Crippen LogP contribution in [0, 0.1) is 19.8 Å². The van der Waals surface area contributed by atoms with Crippen LogP contribution in [-0.4, -0.2) is 23.2 Å². The van der Waals surface area contributed by atoms with Crippen molar-refractivity contribution in [3.05, 3.63) is 29.3 Å². The van der Waals surface area contributed by atoms with Gasteiger partial charge in [0.2, 0.25) is 5.91 Å². The predicted molar refractivity (Wildman–Crippen MR) is 72.7 cm³/mol. The Morgan fingerprint density at radius 1 is 1.39 bits per heavy atom. The molecule has 1 aromatic rings. The van der Waals surface area contributed by atoms with Gasteiger partial charge in [0.1, 0.15) is 0 Å². The third-order valence-corrected chi connectivity index (χ3v) is 4.07. The molecule has 1 aliphatic rings. The molecule has 0 saturated carbocycles. The van der Waals surface area contributed by atoms with Crippen molar-refractivity contribution in [1.82, 2.24) is 0 Å². The molecule has 1 N–H and O–H groups in total. The van der Waals surface area contributed by atoms with E-state index in [1.165, 1.54) is 0 Å². The van der Waals surface area contributed by atoms with E-state index >= 15 is 0 Å². The van der Waals surface area contributed by atoms with E-state index in [9.17, 15) is 9.90 Å². The monoisotopic (exact) mass is 247 g/mol. The highest BCUT2D eigenvalue weighted by molar-refractivity contribution is 5.98. The van der Waals surface area contributed by atoms with Gasteiger partial charge in [-0.05, 0) is 44.9 Å². The van der Waals surface area contributed by atoms with Crippen LogP contribution in [0.25, 0.3) is 0 Å². The number of carbonyl (C=O) groups is 1. The van der Waals surface area contributed by atoms with Gasteiger partial charge in [-0.2, -0.15) is 0 Å². The van der Waals surface area contributed by atoms with E-state index < -0.39 is 0 Å². The summed E-state index contributed by atoms with van der Waals surface area (Å²) in [6.07, 6.45) is 0.427. The summed E-state index contributed by atoms with van der Waals surface area (Å²) in [5.74, 6) is 0.109. The molecule has 0 aliphatic carbocycles. The lowest BCUT2D eigenvalue weighted by Gasteiger charge is -2.36. The fourth-order valence-electron chi connectivity index (χ4n) is 2.75. The third kappa shape index (κ3) is 1.93. The molecule has 3 heteroatoms. The van der Waals surface area contributed by atoms with Gasteiger partial charge in [0.15, 0.2) is 0 Å². The number of benzene rings is 1. The highest BCUT2D eigenvalue weighted by atomic mass is 16.3. The van der Waals surface area contributed by atoms with Gasteiger partial charge >= 0.3 is 0 Å². The molecule has 1 aromatic carbocycles. The van der Waals surface area contributed by atoms with Crippen LogP contribution in [0.4, 0.5) is 5.69 Å². The molecule has 0 bridgehead atoms. The number of nitrogens with zero attached hydrogens (tertiary/aromatic N) is 1. The Kier molecular flexibility index (Phi) is 3.20. The number of rotatable bonds is 2. The molecule has 1 saturated heterocycles. The molecule has 0 radical (unpaired) electrons. The number of aryl methyl sites for hydroxylation is 2. The summed E-state index contributed by atoms with van der Waals surface area (Å²) < 4.78 is 0. The van der Waals surface area contributed by atoms with Crippen molar-refractivity contribution in [2.75, 3.05) is 11.5 Å². The summed E-state index contributed by atoms with van der Waals surface area (Å²) in [6, 6.07) is 6.14. The van der Waals surface area contributed by atoms with Gasteiger partial charge in [0, 0.05) is 30.2 Å². The summed E-state index contributed by atoms with van der Waals surface area (Å²) in [7, 11) is 0. The normalized spacial score (nSPS) is 22.6. The highest BCUT2D eigenvalue weighted by Crippen LogP contribution is 2.40. The van der Waals surface area contributed by atoms with Crippen LogP contribution in [0.1, 0.15) is 31.4 Å². The standard InChI is InChI=1S/C15H21NO2/c1-10-5-6-11(2)13(7-10)16-14(18)8-12(9-17)15(16,3)4/h5-7,12,17H,8-9H2,1-4H3. The Hall–Kier alpha value is -1.35. The number of aliphatic hydroxyl groups excluding tert-OH is 1. The predicted octanol–water partition coefficient (Wildman–Crippen LogP) is 2.43. The number of aliphatic hydroxyl groups is 1. The summed E-state index contributed by atoms with van der Waals surface area (Å²) in [6.45, 7) is 8.16. The van der Waals surface area contributed by atoms with Gasteiger partial charge in [-0.15, -0.1) is 0 Å². The van der Waals surface area contributed by atoms with E-state index in [0.29, 0.717) is 6.42 Å². The van der Waals surface area contributed by atoms with Gasteiger partial charge in [-0.25, -0.2) is 0 Å². The van der Waals surface area contributed by atoms with E-state index in [1.54, 1.807) is 0 Å². The maximum absolute atomic E-state index is 12.2. The molecule has 2 rings (SSSR count). The van der Waals surface area contributed by atoms with Crippen LogP contribution in [-0.2, 0) is 4.79 Å². The first-order chi connectivity index (χ1) is 8.37. The quantitative estimate of drug-likeness (QED) is 0.872. The molecule has 1 unspecified atom stereocenters. The van der Waals surface area contributed by atoms with E-state index in [2.05, 4.69) is 12.1 Å². The van der Waals surface area contributed by atoms with Gasteiger partial charge in [0.05, 0.1) is 0 Å². The van der Waals surface area contributed by atoms with Crippen molar-refractivity contribution in [3.8, 4) is 0 Å². The first kappa shape index (κ1) is 13.1. The number of carbonyl (C=O) groups excluding carboxylic acids is 1. The number of amides is 1. The van der Waals surface area contributed by atoms with Crippen LogP contribution >= 0.6 is 0 Å². The van der Waals surface area contributed by atoms with Crippen molar-refractivity contribution in [2.45, 2.75) is 39.7 Å². The zero-order valence-corrected chi connectivity index (χ0v) is 11.5. The molecule has 1 heterocycles. The second-order valence-electron chi connectivity index (χ2n) is 5.76. The maximum atomic E-state index is 12.2. The summed E-state index contributed by atoms with van der Waals surface area (Å²) in [4.78, 5) is 14.1. The Bertz CT molecular complexity index is 479. The average Bonchev–Trinajstić information content (AvgIpc) is 2.52. The van der Waals surface area contributed by atoms with Gasteiger partial charge < -0.3 is 10.0 Å². The first-order valence-corrected chi connectivity index (χ1v) is 6.39. The van der Waals surface area contributed by atoms with Gasteiger partial charge in [0.25, 0.3) is 0 Å². The van der Waals surface area contributed by atoms with Crippen LogP contribution in [0.2, 0.25) is 0 Å². The SMILES string of the molecule is Cc1ccc(C)c(N2C(=O)CC(CO)C2(C)C)c1. The fourth-order valence-corrected chi connectivity index (χ4v) is 2.75. The van der Waals surface area contributed by atoms with Crippen LogP contribution < -0.4 is 4.90 Å². The molecule has 3 nitrogen and oxygen atoms in total. The molecular formula is C15H21NO2. The summed E-state index contributed by atoms with van der Waals surface area (Å²) in [5.41, 5.74) is 2.89. The minimum atomic E-state index is -0.329. The van der Waals surface area contributed by atoms with E-state index in [1.807, 2.05) is 38.7 Å². The molecule has 1 atom stereocenters. The lowest BCUT2D eigenvalue weighted by atomic mass is 9.88. The second kappa shape index (κ2) is 4.39.